The molecule has 1 aliphatic rings. The van der Waals surface area contributed by atoms with Gasteiger partial charge in [0.25, 0.3) is 0 Å². The van der Waals surface area contributed by atoms with Crippen LogP contribution >= 0.6 is 15.9 Å². The van der Waals surface area contributed by atoms with E-state index in [9.17, 15) is 9.90 Å². The summed E-state index contributed by atoms with van der Waals surface area (Å²) < 4.78 is 6.31. The third-order valence-corrected chi connectivity index (χ3v) is 3.84. The van der Waals surface area contributed by atoms with Gasteiger partial charge in [-0.25, -0.2) is 9.78 Å². The molecule has 0 spiro atoms. The molecule has 0 fully saturated rings. The second-order valence-electron chi connectivity index (χ2n) is 4.97. The van der Waals surface area contributed by atoms with Gasteiger partial charge in [-0.1, -0.05) is 30.3 Å². The minimum Gasteiger partial charge on any atom is -0.479 e. The van der Waals surface area contributed by atoms with Gasteiger partial charge in [0, 0.05) is 17.1 Å². The molecular weight excluding hydrogens is 336 g/mol. The maximum atomic E-state index is 11.8. The van der Waals surface area contributed by atoms with Gasteiger partial charge in [-0.15, -0.1) is 0 Å². The van der Waals surface area contributed by atoms with Gasteiger partial charge in [0.1, 0.15) is 6.61 Å². The molecule has 5 nitrogen and oxygen atoms in total. The van der Waals surface area contributed by atoms with E-state index in [2.05, 4.69) is 26.2 Å². The number of benzene rings is 1. The zero-order valence-electron chi connectivity index (χ0n) is 11.0. The van der Waals surface area contributed by atoms with Crippen LogP contribution in [0.15, 0.2) is 47.1 Å². The molecule has 0 radical (unpaired) electrons. The van der Waals surface area contributed by atoms with E-state index in [1.807, 2.05) is 30.3 Å². The fourth-order valence-corrected chi connectivity index (χ4v) is 2.68. The lowest BCUT2D eigenvalue weighted by atomic mass is 9.90. The fourth-order valence-electron chi connectivity index (χ4n) is 2.35. The topological polar surface area (TPSA) is 71.5 Å². The molecule has 2 heterocycles. The normalized spacial score (nSPS) is 20.0. The summed E-state index contributed by atoms with van der Waals surface area (Å²) in [6.45, 7) is 0.0266. The second kappa shape index (κ2) is 5.37. The standard InChI is InChI=1S/C15H13BrN2O3/c16-11-6-12-13(17-8-11)21-9-15(18-12,14(19)20)7-10-4-2-1-3-5-10/h1-6,8,18H,7,9H2,(H,19,20)/t15-/m0/s1. The van der Waals surface area contributed by atoms with Crippen LogP contribution in [0.25, 0.3) is 0 Å². The highest BCUT2D eigenvalue weighted by Crippen LogP contribution is 2.34. The summed E-state index contributed by atoms with van der Waals surface area (Å²) >= 11 is 3.33. The summed E-state index contributed by atoms with van der Waals surface area (Å²) in [6.07, 6.45) is 1.95. The molecule has 3 rings (SSSR count). The van der Waals surface area contributed by atoms with Crippen LogP contribution in [0.1, 0.15) is 5.56 Å². The van der Waals surface area contributed by atoms with Crippen molar-refractivity contribution in [3.8, 4) is 5.88 Å². The monoisotopic (exact) mass is 348 g/mol. The van der Waals surface area contributed by atoms with Crippen LogP contribution in [0.4, 0.5) is 5.69 Å². The smallest absolute Gasteiger partial charge is 0.333 e. The SMILES string of the molecule is O=C(O)[C@]1(Cc2ccccc2)COc2ncc(Br)cc2N1. The van der Waals surface area contributed by atoms with Gasteiger partial charge in [-0.2, -0.15) is 0 Å². The third kappa shape index (κ3) is 2.71. The van der Waals surface area contributed by atoms with E-state index in [1.165, 1.54) is 0 Å². The summed E-state index contributed by atoms with van der Waals surface area (Å²) in [6, 6.07) is 11.3. The molecule has 21 heavy (non-hydrogen) atoms. The lowest BCUT2D eigenvalue weighted by molar-refractivity contribution is -0.143. The average molecular weight is 349 g/mol. The Labute approximate surface area is 130 Å². The van der Waals surface area contributed by atoms with Gasteiger partial charge in [-0.3, -0.25) is 0 Å². The predicted octanol–water partition coefficient (Wildman–Crippen LogP) is 2.71. The van der Waals surface area contributed by atoms with Crippen LogP contribution < -0.4 is 10.1 Å². The van der Waals surface area contributed by atoms with Crippen LogP contribution in [-0.2, 0) is 11.2 Å². The number of carboxylic acid groups (broad SMARTS) is 1. The molecule has 2 aromatic rings. The number of carboxylic acids is 1. The van der Waals surface area contributed by atoms with Crippen molar-refractivity contribution in [2.24, 2.45) is 0 Å². The quantitative estimate of drug-likeness (QED) is 0.892. The zero-order chi connectivity index (χ0) is 14.9. The number of fused-ring (bicyclic) bond motifs is 1. The van der Waals surface area contributed by atoms with E-state index < -0.39 is 11.5 Å². The molecule has 0 bridgehead atoms. The van der Waals surface area contributed by atoms with E-state index >= 15 is 0 Å². The minimum absolute atomic E-state index is 0.0266. The molecule has 1 aromatic carbocycles. The van der Waals surface area contributed by atoms with Crippen LogP contribution in [0, 0.1) is 0 Å². The number of carbonyl (C=O) groups is 1. The maximum Gasteiger partial charge on any atom is 0.333 e. The van der Waals surface area contributed by atoms with E-state index in [0.717, 1.165) is 10.0 Å². The Kier molecular flexibility index (Phi) is 3.55. The molecule has 0 aliphatic carbocycles. The van der Waals surface area contributed by atoms with Crippen molar-refractivity contribution in [2.45, 2.75) is 12.0 Å². The number of pyridine rings is 1. The number of halogens is 1. The minimum atomic E-state index is -1.20. The molecular formula is C15H13BrN2O3. The molecule has 6 heteroatoms. The van der Waals surface area contributed by atoms with Crippen molar-refractivity contribution in [1.82, 2.24) is 4.98 Å². The Morgan fingerprint density at radius 2 is 2.19 bits per heavy atom. The molecule has 0 unspecified atom stereocenters. The van der Waals surface area contributed by atoms with E-state index in [4.69, 9.17) is 4.74 Å². The Hall–Kier alpha value is -2.08. The summed E-state index contributed by atoms with van der Waals surface area (Å²) in [7, 11) is 0. The molecule has 0 amide bonds. The highest BCUT2D eigenvalue weighted by atomic mass is 79.9. The summed E-state index contributed by atoms with van der Waals surface area (Å²) in [5.41, 5.74) is 0.313. The van der Waals surface area contributed by atoms with Crippen molar-refractivity contribution in [2.75, 3.05) is 11.9 Å². The predicted molar refractivity (Wildman–Crippen MR) is 81.6 cm³/mol. The van der Waals surface area contributed by atoms with E-state index in [0.29, 0.717) is 18.0 Å². The third-order valence-electron chi connectivity index (χ3n) is 3.41. The Morgan fingerprint density at radius 3 is 2.90 bits per heavy atom. The van der Waals surface area contributed by atoms with Gasteiger partial charge in [0.05, 0.1) is 5.69 Å². The molecule has 1 aliphatic heterocycles. The van der Waals surface area contributed by atoms with Crippen LogP contribution in [0.3, 0.4) is 0 Å². The number of rotatable bonds is 3. The Balaban J connectivity index is 1.95. The van der Waals surface area contributed by atoms with Gasteiger partial charge in [0.2, 0.25) is 5.88 Å². The molecule has 0 saturated heterocycles. The Bertz CT molecular complexity index is 678. The first kappa shape index (κ1) is 13.9. The fraction of sp³-hybridized carbons (Fsp3) is 0.200. The molecule has 108 valence electrons. The van der Waals surface area contributed by atoms with Crippen molar-refractivity contribution < 1.29 is 14.6 Å². The first-order valence-electron chi connectivity index (χ1n) is 6.43. The highest BCUT2D eigenvalue weighted by Gasteiger charge is 2.43. The average Bonchev–Trinajstić information content (AvgIpc) is 2.47. The van der Waals surface area contributed by atoms with Crippen LogP contribution in [0.2, 0.25) is 0 Å². The molecule has 1 atom stereocenters. The first-order chi connectivity index (χ1) is 10.1. The number of nitrogens with one attached hydrogen (secondary N) is 1. The first-order valence-corrected chi connectivity index (χ1v) is 7.22. The number of hydrogen-bond acceptors (Lipinski definition) is 4. The number of nitrogens with zero attached hydrogens (tertiary/aromatic N) is 1. The maximum absolute atomic E-state index is 11.8. The van der Waals surface area contributed by atoms with Crippen LogP contribution in [-0.4, -0.2) is 28.2 Å². The highest BCUT2D eigenvalue weighted by molar-refractivity contribution is 9.10. The van der Waals surface area contributed by atoms with Gasteiger partial charge >= 0.3 is 5.97 Å². The number of ether oxygens (including phenoxy) is 1. The van der Waals surface area contributed by atoms with E-state index in [-0.39, 0.29) is 6.61 Å². The van der Waals surface area contributed by atoms with Crippen molar-refractivity contribution >= 4 is 27.6 Å². The summed E-state index contributed by atoms with van der Waals surface area (Å²) in [5.74, 6) is -0.528. The van der Waals surface area contributed by atoms with Crippen molar-refractivity contribution in [3.63, 3.8) is 0 Å². The van der Waals surface area contributed by atoms with Gasteiger partial charge < -0.3 is 15.2 Å². The number of anilines is 1. The van der Waals surface area contributed by atoms with Crippen molar-refractivity contribution in [1.29, 1.82) is 0 Å². The lowest BCUT2D eigenvalue weighted by Crippen LogP contribution is -2.55. The largest absolute Gasteiger partial charge is 0.479 e. The van der Waals surface area contributed by atoms with Crippen LogP contribution in [0.5, 0.6) is 5.88 Å². The summed E-state index contributed by atoms with van der Waals surface area (Å²) in [4.78, 5) is 15.9. The Morgan fingerprint density at radius 1 is 1.43 bits per heavy atom. The summed E-state index contributed by atoms with van der Waals surface area (Å²) in [5, 5.41) is 12.8. The number of aliphatic carboxylic acids is 1. The molecule has 0 saturated carbocycles. The zero-order valence-corrected chi connectivity index (χ0v) is 12.6. The number of hydrogen-bond donors (Lipinski definition) is 2. The van der Waals surface area contributed by atoms with E-state index in [1.54, 1.807) is 12.3 Å². The molecule has 2 N–H and O–H groups in total. The van der Waals surface area contributed by atoms with Gasteiger partial charge in [-0.05, 0) is 27.6 Å². The van der Waals surface area contributed by atoms with Gasteiger partial charge in [0.15, 0.2) is 5.54 Å². The second-order valence-corrected chi connectivity index (χ2v) is 5.89. The van der Waals surface area contributed by atoms with Crippen molar-refractivity contribution in [3.05, 3.63) is 52.6 Å². The molecule has 1 aromatic heterocycles. The number of aromatic nitrogens is 1. The lowest BCUT2D eigenvalue weighted by Gasteiger charge is -2.35.